The smallest absolute Gasteiger partial charge is 0.185 e. The molecule has 0 fully saturated rings. The average Bonchev–Trinajstić information content (AvgIpc) is 2.67. The Hall–Kier alpha value is -2.84. The highest BCUT2D eigenvalue weighted by molar-refractivity contribution is 6.31. The lowest BCUT2D eigenvalue weighted by molar-refractivity contribution is 0.104. The van der Waals surface area contributed by atoms with Crippen LogP contribution < -0.4 is 4.74 Å². The van der Waals surface area contributed by atoms with Gasteiger partial charge in [-0.2, -0.15) is 0 Å². The van der Waals surface area contributed by atoms with Crippen molar-refractivity contribution in [3.63, 3.8) is 0 Å². The summed E-state index contributed by atoms with van der Waals surface area (Å²) in [5.74, 6) is 0.746. The Balaban J connectivity index is 1.59. The van der Waals surface area contributed by atoms with Gasteiger partial charge in [-0.15, -0.1) is 0 Å². The van der Waals surface area contributed by atoms with Crippen LogP contribution in [0.3, 0.4) is 0 Å². The molecule has 0 aliphatic heterocycles. The van der Waals surface area contributed by atoms with Crippen molar-refractivity contribution >= 4 is 23.5 Å². The van der Waals surface area contributed by atoms with E-state index in [2.05, 4.69) is 0 Å². The summed E-state index contributed by atoms with van der Waals surface area (Å²) in [7, 11) is 0. The molecule has 0 saturated heterocycles. The number of halogens is 1. The molecule has 3 aromatic carbocycles. The molecule has 0 saturated carbocycles. The van der Waals surface area contributed by atoms with Crippen molar-refractivity contribution in [1.29, 1.82) is 0 Å². The van der Waals surface area contributed by atoms with Crippen molar-refractivity contribution in [2.75, 3.05) is 0 Å². The Bertz CT molecular complexity index is 910. The molecule has 0 radical (unpaired) electrons. The van der Waals surface area contributed by atoms with E-state index in [1.807, 2.05) is 79.7 Å². The molecule has 2 nitrogen and oxygen atoms in total. The summed E-state index contributed by atoms with van der Waals surface area (Å²) in [6.45, 7) is 2.42. The number of aryl methyl sites for hydroxylation is 1. The SMILES string of the molecule is Cc1ccc(C(=O)/C=C/c2ccc(OCc3ccccc3Cl)cc2)cc1. The van der Waals surface area contributed by atoms with Gasteiger partial charge in [0.1, 0.15) is 12.4 Å². The second-order valence-corrected chi connectivity index (χ2v) is 6.42. The first-order valence-corrected chi connectivity index (χ1v) is 8.75. The first-order chi connectivity index (χ1) is 12.6. The lowest BCUT2D eigenvalue weighted by atomic mass is 10.1. The van der Waals surface area contributed by atoms with Crippen molar-refractivity contribution < 1.29 is 9.53 Å². The van der Waals surface area contributed by atoms with Gasteiger partial charge in [-0.25, -0.2) is 0 Å². The molecule has 3 aromatic rings. The van der Waals surface area contributed by atoms with Crippen molar-refractivity contribution in [2.45, 2.75) is 13.5 Å². The second-order valence-electron chi connectivity index (χ2n) is 6.01. The van der Waals surface area contributed by atoms with E-state index in [4.69, 9.17) is 16.3 Å². The highest BCUT2D eigenvalue weighted by Gasteiger charge is 2.02. The van der Waals surface area contributed by atoms with Crippen molar-refractivity contribution in [2.24, 2.45) is 0 Å². The molecule has 0 spiro atoms. The highest BCUT2D eigenvalue weighted by Crippen LogP contribution is 2.19. The molecule has 0 aliphatic carbocycles. The number of benzene rings is 3. The molecule has 0 aromatic heterocycles. The van der Waals surface area contributed by atoms with Crippen molar-refractivity contribution in [1.82, 2.24) is 0 Å². The fraction of sp³-hybridized carbons (Fsp3) is 0.0870. The number of carbonyl (C=O) groups is 1. The zero-order valence-electron chi connectivity index (χ0n) is 14.5. The summed E-state index contributed by atoms with van der Waals surface area (Å²) >= 11 is 6.12. The van der Waals surface area contributed by atoms with E-state index in [1.54, 1.807) is 12.2 Å². The number of hydrogen-bond acceptors (Lipinski definition) is 2. The van der Waals surface area contributed by atoms with Crippen LogP contribution in [0.25, 0.3) is 6.08 Å². The van der Waals surface area contributed by atoms with Gasteiger partial charge in [0.15, 0.2) is 5.78 Å². The van der Waals surface area contributed by atoms with Crippen LogP contribution >= 0.6 is 11.6 Å². The molecule has 0 atom stereocenters. The molecule has 130 valence electrons. The fourth-order valence-corrected chi connectivity index (χ4v) is 2.63. The molecule has 0 N–H and O–H groups in total. The number of carbonyl (C=O) groups excluding carboxylic acids is 1. The molecule has 3 heteroatoms. The van der Waals surface area contributed by atoms with E-state index in [0.29, 0.717) is 17.2 Å². The van der Waals surface area contributed by atoms with Gasteiger partial charge < -0.3 is 4.74 Å². The van der Waals surface area contributed by atoms with Gasteiger partial charge in [0, 0.05) is 16.1 Å². The maximum Gasteiger partial charge on any atom is 0.185 e. The van der Waals surface area contributed by atoms with E-state index in [-0.39, 0.29) is 5.78 Å². The number of allylic oxidation sites excluding steroid dienone is 1. The van der Waals surface area contributed by atoms with Crippen LogP contribution in [0.4, 0.5) is 0 Å². The monoisotopic (exact) mass is 362 g/mol. The molecular weight excluding hydrogens is 344 g/mol. The van der Waals surface area contributed by atoms with E-state index >= 15 is 0 Å². The number of ether oxygens (including phenoxy) is 1. The highest BCUT2D eigenvalue weighted by atomic mass is 35.5. The van der Waals surface area contributed by atoms with Gasteiger partial charge in [-0.1, -0.05) is 77.8 Å². The van der Waals surface area contributed by atoms with Gasteiger partial charge in [0.2, 0.25) is 0 Å². The van der Waals surface area contributed by atoms with Crippen LogP contribution in [0.1, 0.15) is 27.0 Å². The number of ketones is 1. The molecule has 3 rings (SSSR count). The molecule has 26 heavy (non-hydrogen) atoms. The maximum atomic E-state index is 12.2. The summed E-state index contributed by atoms with van der Waals surface area (Å²) in [5.41, 5.74) is 3.71. The first kappa shape index (κ1) is 18.0. The van der Waals surface area contributed by atoms with Gasteiger partial charge >= 0.3 is 0 Å². The Labute approximate surface area is 158 Å². The van der Waals surface area contributed by atoms with Crippen LogP contribution in [0.15, 0.2) is 78.9 Å². The lowest BCUT2D eigenvalue weighted by Crippen LogP contribution is -1.96. The summed E-state index contributed by atoms with van der Waals surface area (Å²) in [5, 5.41) is 0.696. The summed E-state index contributed by atoms with van der Waals surface area (Å²) < 4.78 is 5.76. The Morgan fingerprint density at radius 1 is 0.962 bits per heavy atom. The van der Waals surface area contributed by atoms with Gasteiger partial charge in [0.25, 0.3) is 0 Å². The van der Waals surface area contributed by atoms with E-state index < -0.39 is 0 Å². The largest absolute Gasteiger partial charge is 0.489 e. The molecule has 0 bridgehead atoms. The average molecular weight is 363 g/mol. The Morgan fingerprint density at radius 3 is 2.35 bits per heavy atom. The van der Waals surface area contributed by atoms with Crippen LogP contribution in [-0.4, -0.2) is 5.78 Å². The van der Waals surface area contributed by atoms with E-state index in [0.717, 1.165) is 22.4 Å². The predicted molar refractivity (Wildman–Crippen MR) is 107 cm³/mol. The van der Waals surface area contributed by atoms with Crippen molar-refractivity contribution in [3.05, 3.63) is 106 Å². The van der Waals surface area contributed by atoms with Gasteiger partial charge in [-0.3, -0.25) is 4.79 Å². The second kappa shape index (κ2) is 8.50. The zero-order chi connectivity index (χ0) is 18.4. The lowest BCUT2D eigenvalue weighted by Gasteiger charge is -2.07. The molecule has 0 heterocycles. The minimum atomic E-state index is -0.0101. The Kier molecular flexibility index (Phi) is 5.88. The van der Waals surface area contributed by atoms with Crippen LogP contribution in [0.5, 0.6) is 5.75 Å². The summed E-state index contributed by atoms with van der Waals surface area (Å²) in [4.78, 5) is 12.2. The van der Waals surface area contributed by atoms with E-state index in [1.165, 1.54) is 0 Å². The van der Waals surface area contributed by atoms with Gasteiger partial charge in [0.05, 0.1) is 0 Å². The third-order valence-corrected chi connectivity index (χ3v) is 4.36. The maximum absolute atomic E-state index is 12.2. The van der Waals surface area contributed by atoms with Crippen molar-refractivity contribution in [3.8, 4) is 5.75 Å². The van der Waals surface area contributed by atoms with Crippen LogP contribution in [-0.2, 0) is 6.61 Å². The number of rotatable bonds is 6. The third kappa shape index (κ3) is 4.84. The quantitative estimate of drug-likeness (QED) is 0.390. The van der Waals surface area contributed by atoms with Gasteiger partial charge in [-0.05, 0) is 36.8 Å². The number of hydrogen-bond donors (Lipinski definition) is 0. The van der Waals surface area contributed by atoms with E-state index in [9.17, 15) is 4.79 Å². The standard InChI is InChI=1S/C23H19ClO2/c1-17-6-11-19(12-7-17)23(25)15-10-18-8-13-21(14-9-18)26-16-20-4-2-3-5-22(20)24/h2-15H,16H2,1H3/b15-10+. The molecule has 0 amide bonds. The third-order valence-electron chi connectivity index (χ3n) is 4.00. The van der Waals surface area contributed by atoms with Crippen LogP contribution in [0.2, 0.25) is 5.02 Å². The zero-order valence-corrected chi connectivity index (χ0v) is 15.2. The first-order valence-electron chi connectivity index (χ1n) is 8.37. The topological polar surface area (TPSA) is 26.3 Å². The minimum absolute atomic E-state index is 0.0101. The summed E-state index contributed by atoms with van der Waals surface area (Å²) in [6, 6.07) is 22.8. The predicted octanol–water partition coefficient (Wildman–Crippen LogP) is 6.12. The Morgan fingerprint density at radius 2 is 1.65 bits per heavy atom. The molecule has 0 aliphatic rings. The normalized spacial score (nSPS) is 10.8. The minimum Gasteiger partial charge on any atom is -0.489 e. The fourth-order valence-electron chi connectivity index (χ4n) is 2.44. The molecule has 0 unspecified atom stereocenters. The van der Waals surface area contributed by atoms with Crippen LogP contribution in [0, 0.1) is 6.92 Å². The molecular formula is C23H19ClO2. The summed E-state index contributed by atoms with van der Waals surface area (Å²) in [6.07, 6.45) is 3.39.